The molecular weight excluding hydrogens is 174 g/mol. The molecule has 2 rings (SSSR count). The van der Waals surface area contributed by atoms with Crippen molar-refractivity contribution in [2.75, 3.05) is 17.7 Å². The molecule has 0 radical (unpaired) electrons. The van der Waals surface area contributed by atoms with Crippen molar-refractivity contribution in [2.45, 2.75) is 25.8 Å². The van der Waals surface area contributed by atoms with Crippen molar-refractivity contribution >= 4 is 11.4 Å². The highest BCUT2D eigenvalue weighted by Crippen LogP contribution is 2.29. The van der Waals surface area contributed by atoms with E-state index in [-0.39, 0.29) is 0 Å². The number of anilines is 2. The maximum Gasteiger partial charge on any atom is 0.0549 e. The van der Waals surface area contributed by atoms with Crippen molar-refractivity contribution in [3.8, 4) is 0 Å². The molecule has 1 aromatic rings. The number of hydrogen-bond acceptors (Lipinski definition) is 3. The number of nitrogens with zero attached hydrogens (tertiary/aromatic N) is 1. The lowest BCUT2D eigenvalue weighted by atomic mass is 9.82. The van der Waals surface area contributed by atoms with Crippen molar-refractivity contribution in [3.05, 3.63) is 18.5 Å². The summed E-state index contributed by atoms with van der Waals surface area (Å²) in [6.45, 7) is 2.29. The summed E-state index contributed by atoms with van der Waals surface area (Å²) in [4.78, 5) is 4.16. The van der Waals surface area contributed by atoms with Crippen LogP contribution in [0.15, 0.2) is 18.5 Å². The largest absolute Gasteiger partial charge is 0.387 e. The summed E-state index contributed by atoms with van der Waals surface area (Å²) < 4.78 is 0. The number of nitrogens with one attached hydrogen (secondary N) is 2. The minimum absolute atomic E-state index is 0.652. The van der Waals surface area contributed by atoms with Crippen molar-refractivity contribution in [1.82, 2.24) is 4.98 Å². The van der Waals surface area contributed by atoms with E-state index in [0.717, 1.165) is 17.3 Å². The number of pyridine rings is 1. The molecule has 0 unspecified atom stereocenters. The van der Waals surface area contributed by atoms with Crippen molar-refractivity contribution in [3.63, 3.8) is 0 Å². The molecule has 76 valence electrons. The Bertz CT molecular complexity index is 305. The second kappa shape index (κ2) is 3.86. The van der Waals surface area contributed by atoms with Crippen molar-refractivity contribution in [2.24, 2.45) is 5.92 Å². The van der Waals surface area contributed by atoms with Crippen LogP contribution in [0.5, 0.6) is 0 Å². The smallest absolute Gasteiger partial charge is 0.0549 e. The number of hydrogen-bond donors (Lipinski definition) is 2. The molecule has 0 aromatic carbocycles. The van der Waals surface area contributed by atoms with Crippen LogP contribution in [0.4, 0.5) is 11.4 Å². The monoisotopic (exact) mass is 191 g/mol. The molecule has 0 aliphatic heterocycles. The molecule has 0 saturated heterocycles. The minimum atomic E-state index is 0.652. The van der Waals surface area contributed by atoms with Gasteiger partial charge in [0.1, 0.15) is 0 Å². The van der Waals surface area contributed by atoms with Crippen LogP contribution < -0.4 is 10.6 Å². The van der Waals surface area contributed by atoms with Gasteiger partial charge in [-0.3, -0.25) is 4.98 Å². The summed E-state index contributed by atoms with van der Waals surface area (Å²) in [5.41, 5.74) is 2.18. The first-order valence-corrected chi connectivity index (χ1v) is 5.17. The van der Waals surface area contributed by atoms with E-state index >= 15 is 0 Å². The molecular formula is C11H17N3. The summed E-state index contributed by atoms with van der Waals surface area (Å²) in [6.07, 6.45) is 6.27. The summed E-state index contributed by atoms with van der Waals surface area (Å²) in [5.74, 6) is 0.882. The zero-order valence-corrected chi connectivity index (χ0v) is 8.75. The van der Waals surface area contributed by atoms with Gasteiger partial charge < -0.3 is 10.6 Å². The topological polar surface area (TPSA) is 37.0 Å². The quantitative estimate of drug-likeness (QED) is 0.770. The highest BCUT2D eigenvalue weighted by Gasteiger charge is 2.24. The van der Waals surface area contributed by atoms with Crippen LogP contribution in [0.3, 0.4) is 0 Å². The summed E-state index contributed by atoms with van der Waals surface area (Å²) in [5, 5.41) is 6.56. The second-order valence-electron chi connectivity index (χ2n) is 4.13. The van der Waals surface area contributed by atoms with Gasteiger partial charge in [-0.15, -0.1) is 0 Å². The lowest BCUT2D eigenvalue weighted by Gasteiger charge is -2.34. The Balaban J connectivity index is 1.95. The molecule has 1 aliphatic rings. The van der Waals surface area contributed by atoms with Gasteiger partial charge in [-0.2, -0.15) is 0 Å². The van der Waals surface area contributed by atoms with E-state index in [4.69, 9.17) is 0 Å². The molecule has 1 fully saturated rings. The lowest BCUT2D eigenvalue weighted by molar-refractivity contribution is 0.309. The first kappa shape index (κ1) is 9.31. The summed E-state index contributed by atoms with van der Waals surface area (Å²) in [7, 11) is 1.91. The van der Waals surface area contributed by atoms with Gasteiger partial charge in [0.25, 0.3) is 0 Å². The van der Waals surface area contributed by atoms with Gasteiger partial charge in [0.15, 0.2) is 0 Å². The van der Waals surface area contributed by atoms with Crippen LogP contribution in [0.25, 0.3) is 0 Å². The van der Waals surface area contributed by atoms with E-state index in [9.17, 15) is 0 Å². The highest BCUT2D eigenvalue weighted by atomic mass is 15.0. The molecule has 3 heteroatoms. The van der Waals surface area contributed by atoms with E-state index < -0.39 is 0 Å². The molecule has 1 aromatic heterocycles. The van der Waals surface area contributed by atoms with Gasteiger partial charge in [0.2, 0.25) is 0 Å². The van der Waals surface area contributed by atoms with E-state index in [1.165, 1.54) is 12.8 Å². The minimum Gasteiger partial charge on any atom is -0.387 e. The zero-order valence-electron chi connectivity index (χ0n) is 8.75. The molecule has 1 saturated carbocycles. The van der Waals surface area contributed by atoms with Crippen LogP contribution >= 0.6 is 0 Å². The molecule has 0 spiro atoms. The fourth-order valence-corrected chi connectivity index (χ4v) is 1.91. The summed E-state index contributed by atoms with van der Waals surface area (Å²) >= 11 is 0. The highest BCUT2D eigenvalue weighted by molar-refractivity contribution is 5.54. The Morgan fingerprint density at radius 3 is 2.64 bits per heavy atom. The van der Waals surface area contributed by atoms with Gasteiger partial charge in [-0.05, 0) is 24.8 Å². The molecule has 2 N–H and O–H groups in total. The lowest BCUT2D eigenvalue weighted by Crippen LogP contribution is -2.33. The van der Waals surface area contributed by atoms with Crippen LogP contribution in [0, 0.1) is 5.92 Å². The van der Waals surface area contributed by atoms with Crippen LogP contribution in [-0.4, -0.2) is 18.1 Å². The van der Waals surface area contributed by atoms with Gasteiger partial charge in [0, 0.05) is 13.1 Å². The molecule has 3 nitrogen and oxygen atoms in total. The molecule has 14 heavy (non-hydrogen) atoms. The molecule has 0 amide bonds. The van der Waals surface area contributed by atoms with Gasteiger partial charge in [0.05, 0.1) is 23.8 Å². The average molecular weight is 191 g/mol. The normalized spacial score (nSPS) is 25.3. The van der Waals surface area contributed by atoms with Crippen molar-refractivity contribution < 1.29 is 0 Å². The molecule has 0 bridgehead atoms. The third-order valence-electron chi connectivity index (χ3n) is 2.77. The Morgan fingerprint density at radius 1 is 1.29 bits per heavy atom. The number of rotatable bonds is 3. The maximum absolute atomic E-state index is 4.16. The first-order valence-electron chi connectivity index (χ1n) is 5.17. The predicted molar refractivity (Wildman–Crippen MR) is 59.6 cm³/mol. The third-order valence-corrected chi connectivity index (χ3v) is 2.77. The second-order valence-corrected chi connectivity index (χ2v) is 4.13. The Morgan fingerprint density at radius 2 is 2.00 bits per heavy atom. The van der Waals surface area contributed by atoms with E-state index in [0.29, 0.717) is 6.04 Å². The third kappa shape index (κ3) is 1.97. The van der Waals surface area contributed by atoms with Crippen LogP contribution in [0.1, 0.15) is 19.8 Å². The van der Waals surface area contributed by atoms with E-state index in [1.807, 2.05) is 19.4 Å². The maximum atomic E-state index is 4.16. The average Bonchev–Trinajstić information content (AvgIpc) is 2.16. The fraction of sp³-hybridized carbons (Fsp3) is 0.545. The van der Waals surface area contributed by atoms with E-state index in [1.54, 1.807) is 0 Å². The molecule has 1 heterocycles. The Labute approximate surface area is 84.9 Å². The standard InChI is InChI=1S/C11H17N3/c1-8-3-9(4-8)14-11-5-10(12-2)6-13-7-11/h5-9,12,14H,3-4H2,1-2H3. The SMILES string of the molecule is CNc1cncc(NC2CC(C)C2)c1. The number of aromatic nitrogens is 1. The predicted octanol–water partition coefficient (Wildman–Crippen LogP) is 2.33. The summed E-state index contributed by atoms with van der Waals surface area (Å²) in [6, 6.07) is 2.75. The molecule has 1 aliphatic carbocycles. The fourth-order valence-electron chi connectivity index (χ4n) is 1.91. The Hall–Kier alpha value is -1.25. The van der Waals surface area contributed by atoms with Gasteiger partial charge in [-0.1, -0.05) is 6.92 Å². The first-order chi connectivity index (χ1) is 6.78. The van der Waals surface area contributed by atoms with E-state index in [2.05, 4.69) is 28.6 Å². The van der Waals surface area contributed by atoms with Crippen LogP contribution in [0.2, 0.25) is 0 Å². The molecule has 0 atom stereocenters. The van der Waals surface area contributed by atoms with Gasteiger partial charge >= 0.3 is 0 Å². The van der Waals surface area contributed by atoms with Crippen LogP contribution in [-0.2, 0) is 0 Å². The van der Waals surface area contributed by atoms with Gasteiger partial charge in [-0.25, -0.2) is 0 Å². The van der Waals surface area contributed by atoms with Crippen molar-refractivity contribution in [1.29, 1.82) is 0 Å². The zero-order chi connectivity index (χ0) is 9.97. The Kier molecular flexibility index (Phi) is 2.57.